The van der Waals surface area contributed by atoms with E-state index < -0.39 is 0 Å². The van der Waals surface area contributed by atoms with Gasteiger partial charge >= 0.3 is 0 Å². The first-order chi connectivity index (χ1) is 16.2. The van der Waals surface area contributed by atoms with Crippen LogP contribution in [-0.4, -0.2) is 42.2 Å². The fourth-order valence-corrected chi connectivity index (χ4v) is 5.56. The maximum Gasteiger partial charge on any atom is 0.286 e. The number of aliphatic imine (C=N–C) groups is 1. The quantitative estimate of drug-likeness (QED) is 0.573. The molecule has 1 N–H and O–H groups in total. The zero-order valence-electron chi connectivity index (χ0n) is 18.2. The molecule has 0 saturated carbocycles. The molecule has 1 amide bonds. The number of rotatable bonds is 4. The van der Waals surface area contributed by atoms with Crippen LogP contribution < -0.4 is 4.90 Å². The van der Waals surface area contributed by atoms with Crippen LogP contribution in [-0.2, 0) is 4.79 Å². The van der Waals surface area contributed by atoms with E-state index in [1.165, 1.54) is 27.8 Å². The topological polar surface area (TPSA) is 37.1 Å². The minimum atomic E-state index is -0.161. The van der Waals surface area contributed by atoms with Gasteiger partial charge in [0, 0.05) is 16.1 Å². The minimum absolute atomic E-state index is 0.161. The predicted octanol–water partition coefficient (Wildman–Crippen LogP) is 4.30. The van der Waals surface area contributed by atoms with Crippen molar-refractivity contribution in [2.75, 3.05) is 26.2 Å². The van der Waals surface area contributed by atoms with Crippen molar-refractivity contribution in [3.63, 3.8) is 0 Å². The maximum atomic E-state index is 12.5. The molecule has 2 aliphatic rings. The molecule has 1 fully saturated rings. The lowest BCUT2D eigenvalue weighted by Crippen LogP contribution is -3.15. The van der Waals surface area contributed by atoms with Gasteiger partial charge in [-0.2, -0.15) is 4.99 Å². The predicted molar refractivity (Wildman–Crippen MR) is 136 cm³/mol. The van der Waals surface area contributed by atoms with E-state index in [1.54, 1.807) is 0 Å². The molecule has 0 unspecified atom stereocenters. The summed E-state index contributed by atoms with van der Waals surface area (Å²) < 4.78 is 0. The average Bonchev–Trinajstić information content (AvgIpc) is 3.22. The highest BCUT2D eigenvalue weighted by molar-refractivity contribution is 8.18. The number of nitrogens with one attached hydrogen (secondary N) is 1. The number of thioether (sulfide) groups is 1. The van der Waals surface area contributed by atoms with Crippen molar-refractivity contribution in [2.24, 2.45) is 4.99 Å². The molecule has 0 atom stereocenters. The third kappa shape index (κ3) is 5.06. The molecule has 4 nitrogen and oxygen atoms in total. The highest BCUT2D eigenvalue weighted by atomic mass is 35.5. The van der Waals surface area contributed by atoms with E-state index in [-0.39, 0.29) is 5.91 Å². The number of amidine groups is 1. The molecule has 2 aliphatic heterocycles. The van der Waals surface area contributed by atoms with Crippen LogP contribution >= 0.6 is 23.4 Å². The van der Waals surface area contributed by atoms with Gasteiger partial charge in [0.15, 0.2) is 5.17 Å². The second kappa shape index (κ2) is 9.96. The summed E-state index contributed by atoms with van der Waals surface area (Å²) in [5.41, 5.74) is 3.63. The number of nitrogens with zero attached hydrogens (tertiary/aromatic N) is 2. The normalized spacial score (nSPS) is 18.2. The first kappa shape index (κ1) is 22.0. The molecule has 1 saturated heterocycles. The standard InChI is InChI=1S/C27H24ClN3OS/c28-23-13-11-20(12-14-23)19-24-26(32)29-27(33-24)31-17-15-30(16-18-31)25(21-7-3-1-4-8-21)22-9-5-2-6-10-22/h1-14,19,25H,15-18H2/p+1/b24-19-. The highest BCUT2D eigenvalue weighted by Gasteiger charge is 2.33. The lowest BCUT2D eigenvalue weighted by atomic mass is 9.96. The van der Waals surface area contributed by atoms with Crippen LogP contribution in [0.2, 0.25) is 5.02 Å². The summed E-state index contributed by atoms with van der Waals surface area (Å²) in [7, 11) is 0. The SMILES string of the molecule is O=C1N=C(N2CC[NH+](C(c3ccccc3)c3ccccc3)CC2)S/C1=C\c1ccc(Cl)cc1. The number of quaternary nitrogens is 1. The molecule has 3 aromatic carbocycles. The molecule has 33 heavy (non-hydrogen) atoms. The van der Waals surface area contributed by atoms with E-state index in [1.807, 2.05) is 30.3 Å². The van der Waals surface area contributed by atoms with Gasteiger partial charge in [-0.3, -0.25) is 4.79 Å². The molecule has 0 bridgehead atoms. The van der Waals surface area contributed by atoms with Gasteiger partial charge in [0.2, 0.25) is 0 Å². The van der Waals surface area contributed by atoms with Crippen LogP contribution in [0.15, 0.2) is 94.8 Å². The average molecular weight is 475 g/mol. The second-order valence-electron chi connectivity index (χ2n) is 8.26. The van der Waals surface area contributed by atoms with E-state index in [0.29, 0.717) is 16.0 Å². The Balaban J connectivity index is 1.28. The second-order valence-corrected chi connectivity index (χ2v) is 9.71. The Kier molecular flexibility index (Phi) is 6.63. The third-order valence-electron chi connectivity index (χ3n) is 6.13. The molecule has 6 heteroatoms. The van der Waals surface area contributed by atoms with E-state index in [9.17, 15) is 4.79 Å². The van der Waals surface area contributed by atoms with Crippen molar-refractivity contribution < 1.29 is 9.69 Å². The summed E-state index contributed by atoms with van der Waals surface area (Å²) in [5.74, 6) is -0.161. The Hall–Kier alpha value is -2.86. The number of carbonyl (C=O) groups excluding carboxylic acids is 1. The van der Waals surface area contributed by atoms with Gasteiger partial charge in [-0.05, 0) is 35.5 Å². The Labute approximate surface area is 203 Å². The fourth-order valence-electron chi connectivity index (χ4n) is 4.47. The van der Waals surface area contributed by atoms with Gasteiger partial charge in [0.05, 0.1) is 31.1 Å². The fraction of sp³-hybridized carbons (Fsp3) is 0.185. The van der Waals surface area contributed by atoms with Crippen LogP contribution in [0.3, 0.4) is 0 Å². The van der Waals surface area contributed by atoms with Gasteiger partial charge in [0.1, 0.15) is 6.04 Å². The summed E-state index contributed by atoms with van der Waals surface area (Å²) in [4.78, 5) is 21.3. The number of benzene rings is 3. The largest absolute Gasteiger partial charge is 0.339 e. The lowest BCUT2D eigenvalue weighted by molar-refractivity contribution is -0.929. The summed E-state index contributed by atoms with van der Waals surface area (Å²) in [5, 5.41) is 1.50. The van der Waals surface area contributed by atoms with Gasteiger partial charge in [-0.1, -0.05) is 84.4 Å². The number of halogens is 1. The summed E-state index contributed by atoms with van der Waals surface area (Å²) in [6, 6.07) is 29.3. The zero-order valence-corrected chi connectivity index (χ0v) is 19.7. The molecule has 166 valence electrons. The summed E-state index contributed by atoms with van der Waals surface area (Å²) >= 11 is 7.44. The molecule has 0 aromatic heterocycles. The van der Waals surface area contributed by atoms with E-state index in [0.717, 1.165) is 36.9 Å². The van der Waals surface area contributed by atoms with Gasteiger partial charge in [-0.15, -0.1) is 0 Å². The minimum Gasteiger partial charge on any atom is -0.339 e. The van der Waals surface area contributed by atoms with E-state index in [2.05, 4.69) is 70.6 Å². The molecule has 5 rings (SSSR count). The number of carbonyl (C=O) groups is 1. The van der Waals surface area contributed by atoms with Crippen molar-refractivity contribution in [1.29, 1.82) is 0 Å². The molecular weight excluding hydrogens is 450 g/mol. The molecule has 0 radical (unpaired) electrons. The summed E-state index contributed by atoms with van der Waals surface area (Å²) in [6.07, 6.45) is 1.89. The van der Waals surface area contributed by atoms with Crippen LogP contribution in [0.25, 0.3) is 6.08 Å². The van der Waals surface area contributed by atoms with Crippen molar-refractivity contribution in [1.82, 2.24) is 4.90 Å². The Morgan fingerprint density at radius 2 is 1.45 bits per heavy atom. The Morgan fingerprint density at radius 3 is 2.03 bits per heavy atom. The Bertz CT molecular complexity index is 1130. The van der Waals surface area contributed by atoms with Gasteiger partial charge in [0.25, 0.3) is 5.91 Å². The molecule has 0 aliphatic carbocycles. The van der Waals surface area contributed by atoms with Crippen molar-refractivity contribution in [2.45, 2.75) is 6.04 Å². The van der Waals surface area contributed by atoms with E-state index in [4.69, 9.17) is 11.6 Å². The van der Waals surface area contributed by atoms with Crippen LogP contribution in [0, 0.1) is 0 Å². The maximum absolute atomic E-state index is 12.5. The lowest BCUT2D eigenvalue weighted by Gasteiger charge is -2.37. The number of piperazine rings is 1. The first-order valence-corrected chi connectivity index (χ1v) is 12.3. The van der Waals surface area contributed by atoms with Crippen molar-refractivity contribution in [3.05, 3.63) is 112 Å². The number of amides is 1. The van der Waals surface area contributed by atoms with Crippen LogP contribution in [0.4, 0.5) is 0 Å². The summed E-state index contributed by atoms with van der Waals surface area (Å²) in [6.45, 7) is 3.72. The zero-order chi connectivity index (χ0) is 22.6. The Morgan fingerprint density at radius 1 is 0.879 bits per heavy atom. The van der Waals surface area contributed by atoms with Crippen molar-refractivity contribution >= 4 is 40.5 Å². The number of hydrogen-bond acceptors (Lipinski definition) is 3. The molecule has 0 spiro atoms. The monoisotopic (exact) mass is 474 g/mol. The first-order valence-electron chi connectivity index (χ1n) is 11.1. The van der Waals surface area contributed by atoms with E-state index >= 15 is 0 Å². The van der Waals surface area contributed by atoms with Crippen molar-refractivity contribution in [3.8, 4) is 0 Å². The number of hydrogen-bond donors (Lipinski definition) is 1. The van der Waals surface area contributed by atoms with Gasteiger partial charge in [-0.25, -0.2) is 0 Å². The van der Waals surface area contributed by atoms with Crippen LogP contribution in [0.5, 0.6) is 0 Å². The van der Waals surface area contributed by atoms with Gasteiger partial charge < -0.3 is 9.80 Å². The third-order valence-corrected chi connectivity index (χ3v) is 7.42. The molecule has 2 heterocycles. The molecular formula is C27H25ClN3OS+. The molecule has 3 aromatic rings. The van der Waals surface area contributed by atoms with Crippen LogP contribution in [0.1, 0.15) is 22.7 Å². The smallest absolute Gasteiger partial charge is 0.286 e. The highest BCUT2D eigenvalue weighted by Crippen LogP contribution is 2.30.